The average molecular weight is 305 g/mol. The van der Waals surface area contributed by atoms with Crippen LogP contribution in [-0.4, -0.2) is 34.9 Å². The van der Waals surface area contributed by atoms with Crippen molar-refractivity contribution in [1.29, 1.82) is 0 Å². The van der Waals surface area contributed by atoms with Crippen molar-refractivity contribution < 1.29 is 9.21 Å². The first-order valence-corrected chi connectivity index (χ1v) is 8.08. The summed E-state index contributed by atoms with van der Waals surface area (Å²) in [6.07, 6.45) is 5.40. The fourth-order valence-electron chi connectivity index (χ4n) is 2.90. The Labute approximate surface area is 127 Å². The molecule has 2 aromatic heterocycles. The van der Waals surface area contributed by atoms with Gasteiger partial charge in [0.05, 0.1) is 6.26 Å². The van der Waals surface area contributed by atoms with Crippen LogP contribution < -0.4 is 5.73 Å². The molecule has 0 bridgehead atoms. The van der Waals surface area contributed by atoms with Gasteiger partial charge in [-0.25, -0.2) is 4.98 Å². The molecule has 1 aliphatic rings. The Morgan fingerprint density at radius 3 is 3.19 bits per heavy atom. The van der Waals surface area contributed by atoms with Crippen LogP contribution in [-0.2, 0) is 0 Å². The molecule has 112 valence electrons. The maximum absolute atomic E-state index is 12.7. The molecule has 2 atom stereocenters. The van der Waals surface area contributed by atoms with Gasteiger partial charge in [-0.2, -0.15) is 0 Å². The van der Waals surface area contributed by atoms with Crippen molar-refractivity contribution in [3.05, 3.63) is 29.7 Å². The smallest absolute Gasteiger partial charge is 0.273 e. The molecule has 0 saturated carbocycles. The summed E-state index contributed by atoms with van der Waals surface area (Å²) < 4.78 is 5.06. The zero-order valence-corrected chi connectivity index (χ0v) is 12.8. The van der Waals surface area contributed by atoms with E-state index in [4.69, 9.17) is 10.2 Å². The Balaban J connectivity index is 1.81. The van der Waals surface area contributed by atoms with Crippen LogP contribution in [0.1, 0.15) is 30.3 Å². The lowest BCUT2D eigenvalue weighted by atomic mass is 9.90. The van der Waals surface area contributed by atoms with Gasteiger partial charge in [-0.05, 0) is 24.8 Å². The molecule has 0 radical (unpaired) electrons. The Kier molecular flexibility index (Phi) is 4.07. The molecule has 2 N–H and O–H groups in total. The predicted molar refractivity (Wildman–Crippen MR) is 82.1 cm³/mol. The van der Waals surface area contributed by atoms with Gasteiger partial charge in [0.15, 0.2) is 0 Å². The number of aromatic nitrogens is 1. The number of carbonyl (C=O) groups is 1. The third-order valence-corrected chi connectivity index (χ3v) is 5.00. The van der Waals surface area contributed by atoms with Crippen LogP contribution in [0.4, 0.5) is 0 Å². The molecule has 2 aromatic rings. The topological polar surface area (TPSA) is 72.4 Å². The van der Waals surface area contributed by atoms with Gasteiger partial charge in [0.1, 0.15) is 17.0 Å². The van der Waals surface area contributed by atoms with Crippen LogP contribution in [0.2, 0.25) is 0 Å². The largest absolute Gasteiger partial charge is 0.472 e. The molecule has 1 fully saturated rings. The highest BCUT2D eigenvalue weighted by Gasteiger charge is 2.32. The fraction of sp³-hybridized carbons (Fsp3) is 0.467. The molecule has 21 heavy (non-hydrogen) atoms. The normalized spacial score (nSPS) is 22.5. The van der Waals surface area contributed by atoms with Gasteiger partial charge in [-0.15, -0.1) is 11.3 Å². The lowest BCUT2D eigenvalue weighted by molar-refractivity contribution is 0.0527. The molecular weight excluding hydrogens is 286 g/mol. The molecule has 5 nitrogen and oxygen atoms in total. The van der Waals surface area contributed by atoms with Crippen LogP contribution in [0.5, 0.6) is 0 Å². The number of nitrogens with two attached hydrogens (primary N) is 1. The summed E-state index contributed by atoms with van der Waals surface area (Å²) in [5, 5.41) is 2.62. The average Bonchev–Trinajstić information content (AvgIpc) is 3.16. The highest BCUT2D eigenvalue weighted by molar-refractivity contribution is 7.13. The molecule has 1 amide bonds. The monoisotopic (exact) mass is 305 g/mol. The van der Waals surface area contributed by atoms with E-state index < -0.39 is 0 Å². The second-order valence-corrected chi connectivity index (χ2v) is 6.33. The summed E-state index contributed by atoms with van der Waals surface area (Å²) in [6.45, 7) is 3.43. The summed E-state index contributed by atoms with van der Waals surface area (Å²) >= 11 is 1.46. The number of hydrogen-bond acceptors (Lipinski definition) is 5. The number of hydrogen-bond donors (Lipinski definition) is 1. The minimum atomic E-state index is -0.0111. The third kappa shape index (κ3) is 2.73. The molecule has 0 unspecified atom stereocenters. The van der Waals surface area contributed by atoms with E-state index in [2.05, 4.69) is 11.9 Å². The first-order valence-electron chi connectivity index (χ1n) is 7.20. The van der Waals surface area contributed by atoms with Gasteiger partial charge in [-0.3, -0.25) is 4.79 Å². The van der Waals surface area contributed by atoms with Gasteiger partial charge in [0.2, 0.25) is 0 Å². The van der Waals surface area contributed by atoms with E-state index in [1.165, 1.54) is 11.3 Å². The van der Waals surface area contributed by atoms with Gasteiger partial charge in [0.25, 0.3) is 5.91 Å². The highest BCUT2D eigenvalue weighted by atomic mass is 32.1. The third-order valence-electron chi connectivity index (χ3n) is 4.11. The molecule has 0 aromatic carbocycles. The number of carbonyl (C=O) groups excluding carboxylic acids is 1. The number of rotatable bonds is 3. The van der Waals surface area contributed by atoms with Gasteiger partial charge < -0.3 is 15.1 Å². The Bertz CT molecular complexity index is 608. The maximum Gasteiger partial charge on any atom is 0.273 e. The summed E-state index contributed by atoms with van der Waals surface area (Å²) in [5.74, 6) is 0.433. The number of amides is 1. The first kappa shape index (κ1) is 14.3. The summed E-state index contributed by atoms with van der Waals surface area (Å²) in [7, 11) is 0. The molecule has 0 spiro atoms. The quantitative estimate of drug-likeness (QED) is 0.946. The fourth-order valence-corrected chi connectivity index (χ4v) is 3.68. The van der Waals surface area contributed by atoms with Gasteiger partial charge in [-0.1, -0.05) is 6.92 Å². The van der Waals surface area contributed by atoms with Crippen molar-refractivity contribution >= 4 is 17.2 Å². The second-order valence-electron chi connectivity index (χ2n) is 5.47. The van der Waals surface area contributed by atoms with E-state index in [1.54, 1.807) is 12.5 Å². The summed E-state index contributed by atoms with van der Waals surface area (Å²) in [6, 6.07) is 1.96. The molecule has 1 aliphatic heterocycles. The number of nitrogens with zero attached hydrogens (tertiary/aromatic N) is 2. The van der Waals surface area contributed by atoms with Crippen LogP contribution in [0.25, 0.3) is 10.6 Å². The highest BCUT2D eigenvalue weighted by Crippen LogP contribution is 2.27. The second kappa shape index (κ2) is 5.99. The van der Waals surface area contributed by atoms with Crippen LogP contribution in [0.3, 0.4) is 0 Å². The predicted octanol–water partition coefficient (Wildman–Crippen LogP) is 2.60. The van der Waals surface area contributed by atoms with Crippen LogP contribution >= 0.6 is 11.3 Å². The van der Waals surface area contributed by atoms with Crippen molar-refractivity contribution in [3.63, 3.8) is 0 Å². The Morgan fingerprint density at radius 1 is 1.62 bits per heavy atom. The zero-order valence-electron chi connectivity index (χ0n) is 12.0. The number of thiazole rings is 1. The minimum Gasteiger partial charge on any atom is -0.472 e. The summed E-state index contributed by atoms with van der Waals surface area (Å²) in [5.41, 5.74) is 7.27. The van der Waals surface area contributed by atoms with E-state index in [0.29, 0.717) is 18.2 Å². The SMILES string of the molecule is C[C@H]1CCCN(C(=O)c2csc(-c3ccoc3)n2)[C@@H]1CN. The first-order chi connectivity index (χ1) is 10.2. The lowest BCUT2D eigenvalue weighted by Gasteiger charge is -2.39. The number of likely N-dealkylation sites (tertiary alicyclic amines) is 1. The van der Waals surface area contributed by atoms with E-state index >= 15 is 0 Å². The molecule has 6 heteroatoms. The van der Waals surface area contributed by atoms with Crippen LogP contribution in [0.15, 0.2) is 28.4 Å². The van der Waals surface area contributed by atoms with Crippen molar-refractivity contribution in [2.24, 2.45) is 11.7 Å². The van der Waals surface area contributed by atoms with Crippen molar-refractivity contribution in [3.8, 4) is 10.6 Å². The van der Waals surface area contributed by atoms with Crippen LogP contribution in [0, 0.1) is 5.92 Å². The minimum absolute atomic E-state index is 0.0111. The standard InChI is InChI=1S/C15H19N3O2S/c1-10-3-2-5-18(13(10)7-16)15(19)12-9-21-14(17-12)11-4-6-20-8-11/h4,6,8-10,13H,2-3,5,7,16H2,1H3/t10-,13+/m0/s1. The zero-order chi connectivity index (χ0) is 14.8. The molecule has 1 saturated heterocycles. The summed E-state index contributed by atoms with van der Waals surface area (Å²) in [4.78, 5) is 19.0. The lowest BCUT2D eigenvalue weighted by Crippen LogP contribution is -2.51. The Morgan fingerprint density at radius 2 is 2.48 bits per heavy atom. The van der Waals surface area contributed by atoms with Gasteiger partial charge in [0, 0.05) is 30.1 Å². The molecule has 0 aliphatic carbocycles. The molecule has 3 heterocycles. The maximum atomic E-state index is 12.7. The molecule has 3 rings (SSSR count). The van der Waals surface area contributed by atoms with E-state index in [-0.39, 0.29) is 11.9 Å². The number of furan rings is 1. The van der Waals surface area contributed by atoms with Crippen molar-refractivity contribution in [2.75, 3.05) is 13.1 Å². The van der Waals surface area contributed by atoms with Crippen molar-refractivity contribution in [2.45, 2.75) is 25.8 Å². The molecular formula is C15H19N3O2S. The van der Waals surface area contributed by atoms with Crippen molar-refractivity contribution in [1.82, 2.24) is 9.88 Å². The van der Waals surface area contributed by atoms with E-state index in [9.17, 15) is 4.79 Å². The van der Waals surface area contributed by atoms with Gasteiger partial charge >= 0.3 is 0 Å². The van der Waals surface area contributed by atoms with E-state index in [1.807, 2.05) is 16.3 Å². The Hall–Kier alpha value is -1.66. The number of piperidine rings is 1. The van der Waals surface area contributed by atoms with E-state index in [0.717, 1.165) is 30.0 Å².